The van der Waals surface area contributed by atoms with Crippen molar-refractivity contribution in [2.24, 2.45) is 0 Å². The molecule has 1 atom stereocenters. The third-order valence-corrected chi connectivity index (χ3v) is 1.99. The summed E-state index contributed by atoms with van der Waals surface area (Å²) >= 11 is 0. The van der Waals surface area contributed by atoms with Crippen LogP contribution in [0.15, 0.2) is 0 Å². The van der Waals surface area contributed by atoms with Crippen molar-refractivity contribution < 1.29 is 14.3 Å². The third kappa shape index (κ3) is 5.00. The zero-order valence-electron chi connectivity index (χ0n) is 8.33. The van der Waals surface area contributed by atoms with Crippen LogP contribution in [-0.2, 0) is 14.3 Å². The molecule has 1 fully saturated rings. The van der Waals surface area contributed by atoms with E-state index < -0.39 is 0 Å². The Hall–Kier alpha value is -0.850. The second-order valence-electron chi connectivity index (χ2n) is 3.17. The zero-order chi connectivity index (χ0) is 10.1. The standard InChI is InChI=1S/C11H16O3/c12-8-4-1-2-5-9-13-11-7-3-6-10-14-11/h8,11H,1,3-4,6-7,9-10H2. The first kappa shape index (κ1) is 11.2. The summed E-state index contributed by atoms with van der Waals surface area (Å²) in [4.78, 5) is 9.97. The van der Waals surface area contributed by atoms with Gasteiger partial charge in [0, 0.05) is 19.4 Å². The normalized spacial score (nSPS) is 21.0. The van der Waals surface area contributed by atoms with Crippen LogP contribution >= 0.6 is 0 Å². The van der Waals surface area contributed by atoms with E-state index in [1.807, 2.05) is 0 Å². The summed E-state index contributed by atoms with van der Waals surface area (Å²) in [5.74, 6) is 5.72. The number of carbonyl (C=O) groups is 1. The lowest BCUT2D eigenvalue weighted by molar-refractivity contribution is -0.154. The van der Waals surface area contributed by atoms with E-state index in [9.17, 15) is 4.79 Å². The zero-order valence-corrected chi connectivity index (χ0v) is 8.33. The molecule has 0 radical (unpaired) electrons. The molecule has 1 unspecified atom stereocenters. The van der Waals surface area contributed by atoms with Gasteiger partial charge < -0.3 is 14.3 Å². The van der Waals surface area contributed by atoms with E-state index in [0.717, 1.165) is 25.7 Å². The van der Waals surface area contributed by atoms with Crippen molar-refractivity contribution in [3.05, 3.63) is 0 Å². The first-order valence-corrected chi connectivity index (χ1v) is 5.06. The maximum atomic E-state index is 9.97. The molecule has 1 aliphatic rings. The molecule has 0 aromatic carbocycles. The SMILES string of the molecule is O=CCCC#CCOC1CCCCO1. The van der Waals surface area contributed by atoms with E-state index in [1.165, 1.54) is 6.42 Å². The van der Waals surface area contributed by atoms with Crippen molar-refractivity contribution in [2.45, 2.75) is 38.4 Å². The molecule has 14 heavy (non-hydrogen) atoms. The summed E-state index contributed by atoms with van der Waals surface area (Å²) in [6.45, 7) is 1.20. The molecule has 3 heteroatoms. The molecule has 1 rings (SSSR count). The number of carbonyl (C=O) groups excluding carboxylic acids is 1. The molecular weight excluding hydrogens is 180 g/mol. The Morgan fingerprint density at radius 2 is 2.36 bits per heavy atom. The topological polar surface area (TPSA) is 35.5 Å². The van der Waals surface area contributed by atoms with Crippen LogP contribution in [0.5, 0.6) is 0 Å². The summed E-state index contributed by atoms with van der Waals surface area (Å²) in [5.41, 5.74) is 0. The Labute approximate surface area is 84.8 Å². The highest BCUT2D eigenvalue weighted by Gasteiger charge is 2.12. The number of aldehydes is 1. The fourth-order valence-electron chi connectivity index (χ4n) is 1.25. The minimum atomic E-state index is -0.0656. The van der Waals surface area contributed by atoms with Gasteiger partial charge in [0.15, 0.2) is 6.29 Å². The molecule has 0 saturated carbocycles. The monoisotopic (exact) mass is 196 g/mol. The molecule has 0 bridgehead atoms. The van der Waals surface area contributed by atoms with Crippen molar-refractivity contribution in [2.75, 3.05) is 13.2 Å². The summed E-state index contributed by atoms with van der Waals surface area (Å²) in [6.07, 6.45) is 5.21. The number of hydrogen-bond donors (Lipinski definition) is 0. The van der Waals surface area contributed by atoms with E-state index >= 15 is 0 Å². The number of rotatable bonds is 4. The van der Waals surface area contributed by atoms with Gasteiger partial charge in [-0.05, 0) is 19.3 Å². The Morgan fingerprint density at radius 1 is 1.43 bits per heavy atom. The molecule has 0 aliphatic carbocycles. The summed E-state index contributed by atoms with van der Waals surface area (Å²) in [7, 11) is 0. The molecule has 0 aromatic heterocycles. The van der Waals surface area contributed by atoms with E-state index in [0.29, 0.717) is 19.4 Å². The molecular formula is C11H16O3. The summed E-state index contributed by atoms with van der Waals surface area (Å²) in [6, 6.07) is 0. The van der Waals surface area contributed by atoms with Gasteiger partial charge in [-0.1, -0.05) is 5.92 Å². The van der Waals surface area contributed by atoms with E-state index in [-0.39, 0.29) is 6.29 Å². The summed E-state index contributed by atoms with van der Waals surface area (Å²) < 4.78 is 10.7. The first-order valence-electron chi connectivity index (χ1n) is 5.06. The van der Waals surface area contributed by atoms with Crippen molar-refractivity contribution in [3.63, 3.8) is 0 Å². The number of hydrogen-bond acceptors (Lipinski definition) is 3. The molecule has 0 spiro atoms. The van der Waals surface area contributed by atoms with Gasteiger partial charge in [0.1, 0.15) is 12.9 Å². The maximum absolute atomic E-state index is 9.97. The van der Waals surface area contributed by atoms with Crippen molar-refractivity contribution >= 4 is 6.29 Å². The van der Waals surface area contributed by atoms with Crippen LogP contribution in [0.1, 0.15) is 32.1 Å². The van der Waals surface area contributed by atoms with Crippen LogP contribution in [0.4, 0.5) is 0 Å². The first-order chi connectivity index (χ1) is 6.93. The molecule has 1 saturated heterocycles. The molecule has 78 valence electrons. The molecule has 1 aliphatic heterocycles. The van der Waals surface area contributed by atoms with Crippen molar-refractivity contribution in [3.8, 4) is 11.8 Å². The number of unbranched alkanes of at least 4 members (excludes halogenated alkanes) is 1. The quantitative estimate of drug-likeness (QED) is 0.388. The third-order valence-electron chi connectivity index (χ3n) is 1.99. The maximum Gasteiger partial charge on any atom is 0.158 e. The van der Waals surface area contributed by atoms with Crippen LogP contribution in [0.3, 0.4) is 0 Å². The lowest BCUT2D eigenvalue weighted by Gasteiger charge is -2.21. The largest absolute Gasteiger partial charge is 0.353 e. The summed E-state index contributed by atoms with van der Waals surface area (Å²) in [5, 5.41) is 0. The molecule has 0 aromatic rings. The highest BCUT2D eigenvalue weighted by Crippen LogP contribution is 2.12. The van der Waals surface area contributed by atoms with Crippen LogP contribution in [-0.4, -0.2) is 25.8 Å². The van der Waals surface area contributed by atoms with Gasteiger partial charge in [-0.15, -0.1) is 5.92 Å². The van der Waals surface area contributed by atoms with Crippen LogP contribution in [0, 0.1) is 11.8 Å². The van der Waals surface area contributed by atoms with E-state index in [2.05, 4.69) is 11.8 Å². The smallest absolute Gasteiger partial charge is 0.158 e. The molecule has 1 heterocycles. The lowest BCUT2D eigenvalue weighted by Crippen LogP contribution is -2.22. The van der Waals surface area contributed by atoms with Crippen LogP contribution in [0.25, 0.3) is 0 Å². The fraction of sp³-hybridized carbons (Fsp3) is 0.727. The Morgan fingerprint density at radius 3 is 3.07 bits per heavy atom. The van der Waals surface area contributed by atoms with Gasteiger partial charge in [0.25, 0.3) is 0 Å². The molecule has 3 nitrogen and oxygen atoms in total. The molecule has 0 N–H and O–H groups in total. The Bertz CT molecular complexity index is 208. The Kier molecular flexibility index (Phi) is 6.05. The number of ether oxygens (including phenoxy) is 2. The fourth-order valence-corrected chi connectivity index (χ4v) is 1.25. The van der Waals surface area contributed by atoms with E-state index in [4.69, 9.17) is 9.47 Å². The highest BCUT2D eigenvalue weighted by atomic mass is 16.7. The average molecular weight is 196 g/mol. The highest BCUT2D eigenvalue weighted by molar-refractivity contribution is 5.49. The minimum absolute atomic E-state index is 0.0656. The van der Waals surface area contributed by atoms with Crippen LogP contribution in [0.2, 0.25) is 0 Å². The predicted octanol–water partition coefficient (Wildman–Crippen LogP) is 1.51. The van der Waals surface area contributed by atoms with Crippen molar-refractivity contribution in [1.82, 2.24) is 0 Å². The Balaban J connectivity index is 2.00. The predicted molar refractivity (Wildman–Crippen MR) is 52.6 cm³/mol. The lowest BCUT2D eigenvalue weighted by atomic mass is 10.2. The average Bonchev–Trinajstić information content (AvgIpc) is 2.25. The second kappa shape index (κ2) is 7.54. The second-order valence-corrected chi connectivity index (χ2v) is 3.17. The van der Waals surface area contributed by atoms with Gasteiger partial charge in [-0.2, -0.15) is 0 Å². The van der Waals surface area contributed by atoms with Gasteiger partial charge in [-0.3, -0.25) is 0 Å². The molecule has 0 amide bonds. The van der Waals surface area contributed by atoms with Gasteiger partial charge in [-0.25, -0.2) is 0 Å². The van der Waals surface area contributed by atoms with E-state index in [1.54, 1.807) is 0 Å². The van der Waals surface area contributed by atoms with Gasteiger partial charge in [0.2, 0.25) is 0 Å². The van der Waals surface area contributed by atoms with Crippen LogP contribution < -0.4 is 0 Å². The minimum Gasteiger partial charge on any atom is -0.353 e. The van der Waals surface area contributed by atoms with Crippen molar-refractivity contribution in [1.29, 1.82) is 0 Å². The van der Waals surface area contributed by atoms with Gasteiger partial charge in [0.05, 0.1) is 0 Å². The van der Waals surface area contributed by atoms with Gasteiger partial charge >= 0.3 is 0 Å².